The van der Waals surface area contributed by atoms with E-state index in [4.69, 9.17) is 23.2 Å². The van der Waals surface area contributed by atoms with Gasteiger partial charge in [0.1, 0.15) is 0 Å². The van der Waals surface area contributed by atoms with Gasteiger partial charge < -0.3 is 0 Å². The van der Waals surface area contributed by atoms with Crippen molar-refractivity contribution < 1.29 is 9.59 Å². The highest BCUT2D eigenvalue weighted by molar-refractivity contribution is 9.10. The zero-order valence-electron chi connectivity index (χ0n) is 11.7. The molecular weight excluding hydrogens is 483 g/mol. The van der Waals surface area contributed by atoms with Gasteiger partial charge in [-0.2, -0.15) is 0 Å². The fraction of sp³-hybridized carbons (Fsp3) is 0.0625. The van der Waals surface area contributed by atoms with Crippen LogP contribution in [0, 0.1) is 0 Å². The average molecular weight is 489 g/mol. The number of amidine groups is 1. The Balaban J connectivity index is 1.89. The van der Waals surface area contributed by atoms with Gasteiger partial charge in [0.25, 0.3) is 4.46 Å². The number of nitrogens with zero attached hydrogens (tertiary/aromatic N) is 2. The molecule has 8 heteroatoms. The lowest BCUT2D eigenvalue weighted by Crippen LogP contribution is -2.46. The molecule has 4 nitrogen and oxygen atoms in total. The molecule has 4 rings (SSSR count). The zero-order chi connectivity index (χ0) is 17.2. The van der Waals surface area contributed by atoms with Gasteiger partial charge in [-0.05, 0) is 36.4 Å². The predicted molar refractivity (Wildman–Crippen MR) is 101 cm³/mol. The van der Waals surface area contributed by atoms with Crippen LogP contribution in [0.5, 0.6) is 0 Å². The fourth-order valence-corrected chi connectivity index (χ4v) is 4.04. The molecule has 2 heterocycles. The smallest absolute Gasteiger partial charge is 0.260 e. The second kappa shape index (κ2) is 5.39. The van der Waals surface area contributed by atoms with Crippen molar-refractivity contribution in [3.05, 3.63) is 56.5 Å². The molecular formula is C16H6Br2Cl2N2O2. The quantitative estimate of drug-likeness (QED) is 0.375. The van der Waals surface area contributed by atoms with Crippen molar-refractivity contribution in [1.82, 2.24) is 0 Å². The Hall–Kier alpha value is -1.21. The molecule has 2 aromatic rings. The van der Waals surface area contributed by atoms with Crippen LogP contribution in [-0.4, -0.2) is 21.9 Å². The van der Waals surface area contributed by atoms with Gasteiger partial charge in [-0.1, -0.05) is 55.1 Å². The van der Waals surface area contributed by atoms with E-state index in [1.807, 2.05) is 0 Å². The van der Waals surface area contributed by atoms with E-state index in [-0.39, 0.29) is 11.6 Å². The number of ketones is 2. The molecule has 0 aliphatic carbocycles. The van der Waals surface area contributed by atoms with Gasteiger partial charge in [0.2, 0.25) is 11.6 Å². The number of Topliss-reactive ketones (excluding diaryl/α,β-unsaturated/α-hetero) is 2. The van der Waals surface area contributed by atoms with Crippen molar-refractivity contribution in [2.45, 2.75) is 4.46 Å². The molecule has 0 fully saturated rings. The SMILES string of the molecule is O=C1C(N2c3ccc(Br)cc3C(=O)C2(Cl)Cl)=Nc2ccc(Br)cc21. The normalized spacial score (nSPS) is 17.8. The van der Waals surface area contributed by atoms with Crippen LogP contribution in [0.2, 0.25) is 0 Å². The number of hydrogen-bond acceptors (Lipinski definition) is 4. The number of alkyl halides is 2. The second-order valence-corrected chi connectivity index (χ2v) is 8.41. The van der Waals surface area contributed by atoms with Gasteiger partial charge in [0, 0.05) is 14.5 Å². The number of carbonyl (C=O) groups excluding carboxylic acids is 2. The largest absolute Gasteiger partial charge is 0.288 e. The van der Waals surface area contributed by atoms with E-state index in [2.05, 4.69) is 36.9 Å². The Bertz CT molecular complexity index is 973. The molecule has 0 spiro atoms. The fourth-order valence-electron chi connectivity index (χ4n) is 2.77. The summed E-state index contributed by atoms with van der Waals surface area (Å²) >= 11 is 19.3. The third kappa shape index (κ3) is 2.20. The van der Waals surface area contributed by atoms with Crippen LogP contribution in [0.4, 0.5) is 11.4 Å². The second-order valence-electron chi connectivity index (χ2n) is 5.29. The van der Waals surface area contributed by atoms with Crippen molar-refractivity contribution in [2.75, 3.05) is 4.90 Å². The van der Waals surface area contributed by atoms with Crippen molar-refractivity contribution in [1.29, 1.82) is 0 Å². The summed E-state index contributed by atoms with van der Waals surface area (Å²) in [5, 5.41) is 0. The number of benzene rings is 2. The molecule has 2 aromatic carbocycles. The van der Waals surface area contributed by atoms with E-state index in [1.165, 1.54) is 4.90 Å². The first kappa shape index (κ1) is 16.3. The summed E-state index contributed by atoms with van der Waals surface area (Å²) in [7, 11) is 0. The van der Waals surface area contributed by atoms with Crippen LogP contribution >= 0.6 is 55.1 Å². The Morgan fingerprint density at radius 2 is 1.58 bits per heavy atom. The number of halogens is 4. The molecule has 24 heavy (non-hydrogen) atoms. The Morgan fingerprint density at radius 3 is 2.29 bits per heavy atom. The van der Waals surface area contributed by atoms with Crippen molar-refractivity contribution >= 4 is 83.8 Å². The van der Waals surface area contributed by atoms with Gasteiger partial charge in [0.15, 0.2) is 5.84 Å². The maximum absolute atomic E-state index is 12.8. The molecule has 0 saturated carbocycles. The van der Waals surface area contributed by atoms with Gasteiger partial charge in [-0.25, -0.2) is 4.99 Å². The number of rotatable bonds is 0. The number of fused-ring (bicyclic) bond motifs is 2. The molecule has 0 aromatic heterocycles. The van der Waals surface area contributed by atoms with E-state index in [1.54, 1.807) is 36.4 Å². The minimum absolute atomic E-state index is 0.0301. The lowest BCUT2D eigenvalue weighted by atomic mass is 10.1. The zero-order valence-corrected chi connectivity index (χ0v) is 16.4. The summed E-state index contributed by atoms with van der Waals surface area (Å²) in [6.45, 7) is 0. The molecule has 0 N–H and O–H groups in total. The van der Waals surface area contributed by atoms with Crippen LogP contribution in [0.3, 0.4) is 0 Å². The molecule has 0 amide bonds. The molecule has 0 radical (unpaired) electrons. The molecule has 2 aliphatic rings. The summed E-state index contributed by atoms with van der Waals surface area (Å²) in [6.07, 6.45) is 0. The lowest BCUT2D eigenvalue weighted by molar-refractivity contribution is 0.0986. The van der Waals surface area contributed by atoms with Crippen molar-refractivity contribution in [3.8, 4) is 0 Å². The first-order valence-corrected chi connectivity index (χ1v) is 9.10. The van der Waals surface area contributed by atoms with Crippen LogP contribution in [0.25, 0.3) is 0 Å². The van der Waals surface area contributed by atoms with Gasteiger partial charge in [-0.15, -0.1) is 0 Å². The van der Waals surface area contributed by atoms with Crippen LogP contribution in [-0.2, 0) is 0 Å². The Kier molecular flexibility index (Phi) is 3.66. The number of hydrogen-bond donors (Lipinski definition) is 0. The maximum Gasteiger partial charge on any atom is 0.260 e. The van der Waals surface area contributed by atoms with Crippen LogP contribution in [0.15, 0.2) is 50.3 Å². The minimum atomic E-state index is -1.92. The van der Waals surface area contributed by atoms with E-state index < -0.39 is 10.2 Å². The van der Waals surface area contributed by atoms with Gasteiger partial charge in [-0.3, -0.25) is 14.5 Å². The monoisotopic (exact) mass is 486 g/mol. The first-order chi connectivity index (χ1) is 11.3. The van der Waals surface area contributed by atoms with Crippen LogP contribution < -0.4 is 4.90 Å². The number of anilines is 1. The highest BCUT2D eigenvalue weighted by atomic mass is 79.9. The molecule has 120 valence electrons. The van der Waals surface area contributed by atoms with E-state index in [9.17, 15) is 9.59 Å². The first-order valence-electron chi connectivity index (χ1n) is 6.76. The molecule has 0 unspecified atom stereocenters. The minimum Gasteiger partial charge on any atom is -0.288 e. The summed E-state index contributed by atoms with van der Waals surface area (Å²) in [6, 6.07) is 10.2. The molecule has 0 bridgehead atoms. The average Bonchev–Trinajstić information content (AvgIpc) is 2.93. The molecule has 0 atom stereocenters. The van der Waals surface area contributed by atoms with Gasteiger partial charge >= 0.3 is 0 Å². The topological polar surface area (TPSA) is 49.7 Å². The standard InChI is InChI=1S/C16H6Br2Cl2N2O2/c17-7-1-3-11-9(5-7)13(23)15(21-11)22-12-4-2-8(18)6-10(12)14(24)16(22,19)20/h1-6H. The summed E-state index contributed by atoms with van der Waals surface area (Å²) < 4.78 is -0.444. The Morgan fingerprint density at radius 1 is 0.958 bits per heavy atom. The van der Waals surface area contributed by atoms with E-state index in [0.717, 1.165) is 4.47 Å². The predicted octanol–water partition coefficient (Wildman–Crippen LogP) is 5.27. The Labute approximate surface area is 163 Å². The van der Waals surface area contributed by atoms with E-state index in [0.29, 0.717) is 27.0 Å². The molecule has 2 aliphatic heterocycles. The summed E-state index contributed by atoms with van der Waals surface area (Å²) in [5.74, 6) is -0.794. The van der Waals surface area contributed by atoms with Crippen molar-refractivity contribution in [2.24, 2.45) is 4.99 Å². The highest BCUT2D eigenvalue weighted by Gasteiger charge is 2.53. The number of carbonyl (C=O) groups is 2. The maximum atomic E-state index is 12.8. The van der Waals surface area contributed by atoms with E-state index >= 15 is 0 Å². The molecule has 0 saturated heterocycles. The number of aliphatic imine (C=N–C) groups is 1. The third-order valence-electron chi connectivity index (χ3n) is 3.84. The highest BCUT2D eigenvalue weighted by Crippen LogP contribution is 2.47. The van der Waals surface area contributed by atoms with Gasteiger partial charge in [0.05, 0.1) is 16.9 Å². The lowest BCUT2D eigenvalue weighted by Gasteiger charge is -2.27. The van der Waals surface area contributed by atoms with Crippen LogP contribution in [0.1, 0.15) is 20.7 Å². The summed E-state index contributed by atoms with van der Waals surface area (Å²) in [5.41, 5.74) is 1.73. The third-order valence-corrected chi connectivity index (χ3v) is 5.51. The summed E-state index contributed by atoms with van der Waals surface area (Å²) in [4.78, 5) is 31.0. The van der Waals surface area contributed by atoms with Crippen molar-refractivity contribution in [3.63, 3.8) is 0 Å².